The highest BCUT2D eigenvalue weighted by Gasteiger charge is 2.21. The summed E-state index contributed by atoms with van der Waals surface area (Å²) in [6.07, 6.45) is 0. The van der Waals surface area contributed by atoms with Gasteiger partial charge in [0.25, 0.3) is 0 Å². The Morgan fingerprint density at radius 2 is 1.24 bits per heavy atom. The molecule has 2 heteroatoms. The van der Waals surface area contributed by atoms with Gasteiger partial charge in [-0.15, -0.1) is 0 Å². The van der Waals surface area contributed by atoms with Crippen molar-refractivity contribution < 1.29 is 4.74 Å². The van der Waals surface area contributed by atoms with Crippen molar-refractivity contribution >= 4 is 30.0 Å². The number of ether oxygens (including phenoxy) is 1. The largest absolute Gasteiger partial charge is 0.488 e. The van der Waals surface area contributed by atoms with E-state index in [2.05, 4.69) is 154 Å². The predicted molar refractivity (Wildman–Crippen MR) is 178 cm³/mol. The third kappa shape index (κ3) is 6.12. The maximum Gasteiger partial charge on any atom is 0.128 e. The molecule has 0 spiro atoms. The fraction of sp³-hybridized carbons (Fsp3) is 0.128. The Bertz CT molecular complexity index is 1770. The van der Waals surface area contributed by atoms with Crippen molar-refractivity contribution in [2.75, 3.05) is 0 Å². The van der Waals surface area contributed by atoms with Crippen molar-refractivity contribution in [3.05, 3.63) is 151 Å². The maximum absolute atomic E-state index is 6.59. The van der Waals surface area contributed by atoms with Crippen molar-refractivity contribution in [2.45, 2.75) is 32.8 Å². The predicted octanol–water partition coefficient (Wildman–Crippen LogP) is 9.68. The Kier molecular flexibility index (Phi) is 7.73. The lowest BCUT2D eigenvalue weighted by Crippen LogP contribution is -2.11. The van der Waals surface area contributed by atoms with Gasteiger partial charge in [0.1, 0.15) is 12.4 Å². The van der Waals surface area contributed by atoms with Gasteiger partial charge in [-0.1, -0.05) is 157 Å². The molecule has 0 aromatic heterocycles. The Balaban J connectivity index is 1.48. The van der Waals surface area contributed by atoms with Crippen LogP contribution in [0.25, 0.3) is 33.0 Å². The van der Waals surface area contributed by atoms with Crippen LogP contribution in [0.5, 0.6) is 5.75 Å². The quantitative estimate of drug-likeness (QED) is 0.180. The lowest BCUT2D eigenvalue weighted by Gasteiger charge is -2.23. The zero-order valence-corrected chi connectivity index (χ0v) is 24.9. The monoisotopic (exact) mass is 550 g/mol. The molecule has 0 heterocycles. The van der Waals surface area contributed by atoms with Crippen LogP contribution in [-0.2, 0) is 12.0 Å². The molecule has 0 radical (unpaired) electrons. The van der Waals surface area contributed by atoms with Gasteiger partial charge in [-0.2, -0.15) is 0 Å². The molecule has 6 aromatic carbocycles. The highest BCUT2D eigenvalue weighted by molar-refractivity contribution is 7.55. The fourth-order valence-corrected chi connectivity index (χ4v) is 6.30. The van der Waals surface area contributed by atoms with Gasteiger partial charge in [-0.3, -0.25) is 0 Å². The van der Waals surface area contributed by atoms with Crippen LogP contribution < -0.4 is 15.3 Å². The molecule has 0 saturated carbocycles. The second kappa shape index (κ2) is 11.7. The summed E-state index contributed by atoms with van der Waals surface area (Å²) in [4.78, 5) is 0. The van der Waals surface area contributed by atoms with Crippen molar-refractivity contribution in [1.29, 1.82) is 0 Å². The van der Waals surface area contributed by atoms with E-state index < -0.39 is 0 Å². The van der Waals surface area contributed by atoms with Crippen LogP contribution in [-0.4, -0.2) is 0 Å². The van der Waals surface area contributed by atoms with E-state index >= 15 is 0 Å². The summed E-state index contributed by atoms with van der Waals surface area (Å²) < 4.78 is 6.59. The molecule has 0 N–H and O–H groups in total. The van der Waals surface area contributed by atoms with E-state index in [1.807, 2.05) is 6.07 Å². The van der Waals surface area contributed by atoms with E-state index in [0.717, 1.165) is 16.9 Å². The average molecular weight is 551 g/mol. The first-order chi connectivity index (χ1) is 20.0. The molecule has 6 aromatic rings. The van der Waals surface area contributed by atoms with Gasteiger partial charge in [0.15, 0.2) is 0 Å². The first-order valence-electron chi connectivity index (χ1n) is 14.2. The smallest absolute Gasteiger partial charge is 0.128 e. The van der Waals surface area contributed by atoms with Gasteiger partial charge >= 0.3 is 0 Å². The van der Waals surface area contributed by atoms with Crippen molar-refractivity contribution in [2.24, 2.45) is 0 Å². The molecule has 0 aliphatic carbocycles. The lowest BCUT2D eigenvalue weighted by atomic mass is 9.82. The van der Waals surface area contributed by atoms with Crippen LogP contribution >= 0.6 is 8.58 Å². The summed E-state index contributed by atoms with van der Waals surface area (Å²) in [5.41, 5.74) is 7.26. The van der Waals surface area contributed by atoms with E-state index in [-0.39, 0.29) is 5.41 Å². The first-order valence-corrected chi connectivity index (χ1v) is 15.2. The van der Waals surface area contributed by atoms with Crippen molar-refractivity contribution in [1.82, 2.24) is 0 Å². The minimum Gasteiger partial charge on any atom is -0.488 e. The van der Waals surface area contributed by atoms with Gasteiger partial charge in [0.05, 0.1) is 0 Å². The third-order valence-electron chi connectivity index (χ3n) is 7.54. The SMILES string of the molecule is CC(C)(C)c1ccc(-c2ccc(Pc3ccccc3)cc2)c(-c2c(OCc3ccccc3)ccc3ccccc23)c1. The summed E-state index contributed by atoms with van der Waals surface area (Å²) in [5.74, 6) is 0.905. The third-order valence-corrected chi connectivity index (χ3v) is 8.79. The molecule has 6 rings (SSSR count). The van der Waals surface area contributed by atoms with Crippen LogP contribution in [0.1, 0.15) is 31.9 Å². The maximum atomic E-state index is 6.59. The molecule has 0 aliphatic rings. The summed E-state index contributed by atoms with van der Waals surface area (Å²) in [7, 11) is 0.642. The zero-order chi connectivity index (χ0) is 28.2. The van der Waals surface area contributed by atoms with Crippen molar-refractivity contribution in [3.8, 4) is 28.0 Å². The summed E-state index contributed by atoms with van der Waals surface area (Å²) in [6.45, 7) is 7.36. The Hall–Kier alpha value is -4.19. The number of hydrogen-bond acceptors (Lipinski definition) is 1. The number of rotatable bonds is 7. The number of benzene rings is 6. The van der Waals surface area contributed by atoms with Gasteiger partial charge in [0, 0.05) is 5.56 Å². The molecule has 0 fully saturated rings. The van der Waals surface area contributed by atoms with Crippen LogP contribution in [0.3, 0.4) is 0 Å². The highest BCUT2D eigenvalue weighted by Crippen LogP contribution is 2.44. The molecule has 41 heavy (non-hydrogen) atoms. The minimum absolute atomic E-state index is 0.0174. The van der Waals surface area contributed by atoms with Crippen molar-refractivity contribution in [3.63, 3.8) is 0 Å². The Labute approximate surface area is 245 Å². The zero-order valence-electron chi connectivity index (χ0n) is 23.9. The number of fused-ring (bicyclic) bond motifs is 1. The minimum atomic E-state index is 0.0174. The van der Waals surface area contributed by atoms with E-state index in [1.165, 1.54) is 43.6 Å². The molecule has 0 aliphatic heterocycles. The van der Waals surface area contributed by atoms with E-state index in [0.29, 0.717) is 15.2 Å². The first kappa shape index (κ1) is 27.0. The van der Waals surface area contributed by atoms with E-state index in [9.17, 15) is 0 Å². The molecule has 1 unspecified atom stereocenters. The van der Waals surface area contributed by atoms with Gasteiger partial charge in [0.2, 0.25) is 0 Å². The van der Waals surface area contributed by atoms with Crippen LogP contribution in [0, 0.1) is 0 Å². The molecule has 0 bridgehead atoms. The van der Waals surface area contributed by atoms with Crippen LogP contribution in [0.2, 0.25) is 0 Å². The molecular weight excluding hydrogens is 515 g/mol. The summed E-state index contributed by atoms with van der Waals surface area (Å²) in [6, 6.07) is 50.1. The van der Waals surface area contributed by atoms with Crippen LogP contribution in [0.4, 0.5) is 0 Å². The number of hydrogen-bond donors (Lipinski definition) is 0. The Morgan fingerprint density at radius 1 is 0.585 bits per heavy atom. The molecule has 0 amide bonds. The molecular formula is C39H35OP. The summed E-state index contributed by atoms with van der Waals surface area (Å²) >= 11 is 0. The van der Waals surface area contributed by atoms with Gasteiger partial charge < -0.3 is 4.74 Å². The van der Waals surface area contributed by atoms with Crippen LogP contribution in [0.15, 0.2) is 140 Å². The lowest BCUT2D eigenvalue weighted by molar-refractivity contribution is 0.308. The fourth-order valence-electron chi connectivity index (χ4n) is 5.28. The molecule has 202 valence electrons. The van der Waals surface area contributed by atoms with Gasteiger partial charge in [-0.25, -0.2) is 0 Å². The second-order valence-corrected chi connectivity index (χ2v) is 12.9. The molecule has 0 saturated heterocycles. The van der Waals surface area contributed by atoms with E-state index in [1.54, 1.807) is 0 Å². The standard InChI is InChI=1S/C39H35OP/c1-39(2,3)31-21-24-34(30-18-22-33(23-19-30)41-32-15-8-5-9-16-32)36(26-31)38-35-17-11-10-14-29(35)20-25-37(38)40-27-28-12-6-4-7-13-28/h4-26,41H,27H2,1-3H3. The van der Waals surface area contributed by atoms with Gasteiger partial charge in [-0.05, 0) is 66.7 Å². The van der Waals surface area contributed by atoms with E-state index in [4.69, 9.17) is 4.74 Å². The second-order valence-electron chi connectivity index (χ2n) is 11.5. The topological polar surface area (TPSA) is 9.23 Å². The molecule has 1 nitrogen and oxygen atoms in total. The normalized spacial score (nSPS) is 11.8. The summed E-state index contributed by atoms with van der Waals surface area (Å²) in [5, 5.41) is 5.10. The average Bonchev–Trinajstić information content (AvgIpc) is 3.00. The Morgan fingerprint density at radius 3 is 1.98 bits per heavy atom. The highest BCUT2D eigenvalue weighted by atomic mass is 31.1. The molecule has 1 atom stereocenters.